The number of Topliss-reactive ketones (excluding diaryl/α,β-unsaturated/α-hetero) is 1. The van der Waals surface area contributed by atoms with Gasteiger partial charge >= 0.3 is 17.7 Å². The van der Waals surface area contributed by atoms with E-state index in [2.05, 4.69) is 5.32 Å². The van der Waals surface area contributed by atoms with Gasteiger partial charge in [0.15, 0.2) is 5.78 Å². The van der Waals surface area contributed by atoms with Gasteiger partial charge in [-0.05, 0) is 42.0 Å². The molecule has 0 aromatic heterocycles. The minimum Gasteiger partial charge on any atom is -0.298 e. The number of nitrogens with one attached hydrogen (secondary N) is 1. The summed E-state index contributed by atoms with van der Waals surface area (Å²) in [6, 6.07) is 12.8. The van der Waals surface area contributed by atoms with Crippen molar-refractivity contribution in [2.24, 2.45) is 5.92 Å². The van der Waals surface area contributed by atoms with Gasteiger partial charge in [-0.25, -0.2) is 0 Å². The van der Waals surface area contributed by atoms with Crippen molar-refractivity contribution >= 4 is 17.4 Å². The van der Waals surface area contributed by atoms with Crippen molar-refractivity contribution < 1.29 is 26.4 Å². The highest BCUT2D eigenvalue weighted by Gasteiger charge is 2.42. The van der Waals surface area contributed by atoms with E-state index in [-0.39, 0.29) is 36.5 Å². The molecule has 0 aliphatic rings. The van der Waals surface area contributed by atoms with Crippen LogP contribution in [0.25, 0.3) is 11.1 Å². The molecule has 178 valence electrons. The largest absolute Gasteiger partial charge is 0.407 e. The highest BCUT2D eigenvalue weighted by molar-refractivity contribution is 7.51. The third-order valence-electron chi connectivity index (χ3n) is 4.88. The van der Waals surface area contributed by atoms with E-state index in [1.165, 1.54) is 12.1 Å². The summed E-state index contributed by atoms with van der Waals surface area (Å²) in [5.74, 6) is -0.337. The van der Waals surface area contributed by atoms with Crippen molar-refractivity contribution in [2.75, 3.05) is 0 Å². The molecule has 1 unspecified atom stereocenters. The van der Waals surface area contributed by atoms with E-state index >= 15 is 0 Å². The van der Waals surface area contributed by atoms with Crippen LogP contribution in [0.4, 0.5) is 13.2 Å². The maximum Gasteiger partial charge on any atom is 0.407 e. The van der Waals surface area contributed by atoms with Crippen LogP contribution >= 0.6 is 0 Å². The normalized spacial score (nSPS) is 12.8. The number of hydrogen-bond acceptors (Lipinski definition) is 5. The Labute approximate surface area is 195 Å². The SMILES string of the molecule is Cc1ccc(-c2cccc(C(N[C@@H](CC(C)C)C(=O)CCC#N)C(F)(F)F)c2)cc1.O=S=O. The number of rotatable bonds is 9. The zero-order chi connectivity index (χ0) is 25.0. The molecule has 2 atom stereocenters. The van der Waals surface area contributed by atoms with Crippen LogP contribution in [0.3, 0.4) is 0 Å². The average molecular weight is 481 g/mol. The lowest BCUT2D eigenvalue weighted by molar-refractivity contribution is -0.161. The van der Waals surface area contributed by atoms with Gasteiger partial charge in [0.05, 0.1) is 12.1 Å². The molecule has 0 heterocycles. The van der Waals surface area contributed by atoms with Crippen LogP contribution in [0.1, 0.15) is 50.3 Å². The summed E-state index contributed by atoms with van der Waals surface area (Å²) in [5.41, 5.74) is 2.63. The number of benzene rings is 2. The van der Waals surface area contributed by atoms with E-state index in [1.54, 1.807) is 12.1 Å². The number of ketones is 1. The van der Waals surface area contributed by atoms with Gasteiger partial charge in [0.25, 0.3) is 0 Å². The van der Waals surface area contributed by atoms with Crippen molar-refractivity contribution in [2.45, 2.75) is 58.3 Å². The standard InChI is InChI=1S/C24H27F3N2O.O2S/c1-16(2)14-21(22(30)8-5-13-28)29-23(24(25,26)27)20-7-4-6-19(15-20)18-11-9-17(3)10-12-18;1-3-2/h4,6-7,9-12,15-16,21,23,29H,5,8,14H2,1-3H3;/t21-,23?;/m0./s1. The van der Waals surface area contributed by atoms with Crippen LogP contribution < -0.4 is 5.32 Å². The molecular formula is C24H27F3N2O3S. The zero-order valence-corrected chi connectivity index (χ0v) is 19.5. The first-order chi connectivity index (χ1) is 15.5. The molecule has 0 saturated carbocycles. The molecule has 0 radical (unpaired) electrons. The maximum atomic E-state index is 14.0. The van der Waals surface area contributed by atoms with Crippen molar-refractivity contribution in [3.05, 3.63) is 59.7 Å². The minimum absolute atomic E-state index is 0.00526. The first-order valence-corrected chi connectivity index (χ1v) is 11.0. The van der Waals surface area contributed by atoms with Crippen LogP contribution in [0.5, 0.6) is 0 Å². The van der Waals surface area contributed by atoms with E-state index in [0.717, 1.165) is 11.1 Å². The van der Waals surface area contributed by atoms with E-state index in [4.69, 9.17) is 13.7 Å². The molecule has 0 spiro atoms. The van der Waals surface area contributed by atoms with Crippen molar-refractivity contribution in [1.82, 2.24) is 5.32 Å². The molecule has 5 nitrogen and oxygen atoms in total. The molecule has 0 saturated heterocycles. The summed E-state index contributed by atoms with van der Waals surface area (Å²) >= 11 is -0.750. The number of carbonyl (C=O) groups excluding carboxylic acids is 1. The second-order valence-electron chi connectivity index (χ2n) is 8.01. The lowest BCUT2D eigenvalue weighted by atomic mass is 9.94. The topological polar surface area (TPSA) is 87.0 Å². The maximum absolute atomic E-state index is 14.0. The molecule has 0 bridgehead atoms. The molecule has 2 aromatic carbocycles. The molecule has 2 rings (SSSR count). The molecule has 0 aliphatic carbocycles. The Hall–Kier alpha value is -2.83. The van der Waals surface area contributed by atoms with E-state index in [9.17, 15) is 18.0 Å². The summed E-state index contributed by atoms with van der Waals surface area (Å²) in [7, 11) is 0. The third kappa shape index (κ3) is 9.68. The lowest BCUT2D eigenvalue weighted by Gasteiger charge is -2.28. The predicted octanol–water partition coefficient (Wildman–Crippen LogP) is 5.47. The van der Waals surface area contributed by atoms with E-state index in [1.807, 2.05) is 51.1 Å². The summed E-state index contributed by atoms with van der Waals surface area (Å²) in [5, 5.41) is 11.3. The number of alkyl halides is 3. The van der Waals surface area contributed by atoms with Crippen LogP contribution in [-0.2, 0) is 16.4 Å². The first kappa shape index (κ1) is 28.2. The Balaban J connectivity index is 0.00000172. The molecule has 2 aromatic rings. The minimum atomic E-state index is -4.57. The van der Waals surface area contributed by atoms with Gasteiger partial charge in [-0.1, -0.05) is 61.9 Å². The summed E-state index contributed by atoms with van der Waals surface area (Å²) in [4.78, 5) is 12.5. The predicted molar refractivity (Wildman–Crippen MR) is 121 cm³/mol. The lowest BCUT2D eigenvalue weighted by Crippen LogP contribution is -2.45. The number of hydrogen-bond donors (Lipinski definition) is 1. The van der Waals surface area contributed by atoms with Crippen molar-refractivity contribution in [3.63, 3.8) is 0 Å². The molecule has 0 amide bonds. The smallest absolute Gasteiger partial charge is 0.298 e. The molecule has 1 N–H and O–H groups in total. The highest BCUT2D eigenvalue weighted by Crippen LogP contribution is 2.35. The van der Waals surface area contributed by atoms with Gasteiger partial charge in [-0.15, -0.1) is 0 Å². The van der Waals surface area contributed by atoms with Gasteiger partial charge in [0.1, 0.15) is 6.04 Å². The fourth-order valence-electron chi connectivity index (χ4n) is 3.34. The first-order valence-electron chi connectivity index (χ1n) is 10.3. The number of nitriles is 1. The average Bonchev–Trinajstić information content (AvgIpc) is 2.75. The molecule has 9 heteroatoms. The van der Waals surface area contributed by atoms with Gasteiger partial charge in [-0.2, -0.15) is 26.9 Å². The fraction of sp³-hybridized carbons (Fsp3) is 0.417. The number of halogens is 3. The number of nitrogens with zero attached hydrogens (tertiary/aromatic N) is 1. The molecule has 0 fully saturated rings. The van der Waals surface area contributed by atoms with E-state index in [0.29, 0.717) is 5.56 Å². The summed E-state index contributed by atoms with van der Waals surface area (Å²) in [6.07, 6.45) is -4.37. The molecular weight excluding hydrogens is 453 g/mol. The van der Waals surface area contributed by atoms with Crippen LogP contribution in [0.2, 0.25) is 0 Å². The zero-order valence-electron chi connectivity index (χ0n) is 18.7. The van der Waals surface area contributed by atoms with Gasteiger partial charge < -0.3 is 0 Å². The second-order valence-corrected chi connectivity index (χ2v) is 8.14. The van der Waals surface area contributed by atoms with Crippen LogP contribution in [0.15, 0.2) is 48.5 Å². The van der Waals surface area contributed by atoms with Crippen molar-refractivity contribution in [3.8, 4) is 17.2 Å². The Bertz CT molecular complexity index is 980. The Morgan fingerprint density at radius 2 is 1.70 bits per heavy atom. The summed E-state index contributed by atoms with van der Waals surface area (Å²) in [6.45, 7) is 5.65. The van der Waals surface area contributed by atoms with Crippen LogP contribution in [-0.4, -0.2) is 26.4 Å². The highest BCUT2D eigenvalue weighted by atomic mass is 32.1. The second kappa shape index (κ2) is 13.7. The van der Waals surface area contributed by atoms with Gasteiger partial charge in [0, 0.05) is 12.8 Å². The quantitative estimate of drug-likeness (QED) is 0.514. The Morgan fingerprint density at radius 3 is 2.21 bits per heavy atom. The van der Waals surface area contributed by atoms with Crippen LogP contribution in [0, 0.1) is 24.2 Å². The Morgan fingerprint density at radius 1 is 1.09 bits per heavy atom. The summed E-state index contributed by atoms with van der Waals surface area (Å²) < 4.78 is 58.5. The number of carbonyl (C=O) groups is 1. The Kier molecular flexibility index (Phi) is 11.7. The monoisotopic (exact) mass is 480 g/mol. The molecule has 33 heavy (non-hydrogen) atoms. The van der Waals surface area contributed by atoms with Crippen molar-refractivity contribution in [1.29, 1.82) is 5.26 Å². The van der Waals surface area contributed by atoms with Gasteiger partial charge in [-0.3, -0.25) is 10.1 Å². The number of aryl methyl sites for hydroxylation is 1. The fourth-order valence-corrected chi connectivity index (χ4v) is 3.34. The van der Waals surface area contributed by atoms with Gasteiger partial charge in [0.2, 0.25) is 0 Å². The third-order valence-corrected chi connectivity index (χ3v) is 4.88. The molecule has 0 aliphatic heterocycles. The van der Waals surface area contributed by atoms with E-state index < -0.39 is 29.8 Å².